The number of aromatic nitrogens is 1. The molecule has 3 nitrogen and oxygen atoms in total. The van der Waals surface area contributed by atoms with Gasteiger partial charge in [-0.1, -0.05) is 30.3 Å². The lowest BCUT2D eigenvalue weighted by Gasteiger charge is -2.31. The van der Waals surface area contributed by atoms with Gasteiger partial charge in [0.2, 0.25) is 0 Å². The van der Waals surface area contributed by atoms with Crippen LogP contribution in [0.25, 0.3) is 10.9 Å². The van der Waals surface area contributed by atoms with Crippen LogP contribution in [0.3, 0.4) is 0 Å². The number of hydrogen-bond acceptors (Lipinski definition) is 1. The highest BCUT2D eigenvalue weighted by Crippen LogP contribution is 2.30. The van der Waals surface area contributed by atoms with Crippen molar-refractivity contribution in [3.63, 3.8) is 0 Å². The van der Waals surface area contributed by atoms with E-state index in [0.717, 1.165) is 18.4 Å². The summed E-state index contributed by atoms with van der Waals surface area (Å²) in [7, 11) is 0. The number of fused-ring (bicyclic) bond motifs is 1. The van der Waals surface area contributed by atoms with Crippen LogP contribution in [0.15, 0.2) is 54.6 Å². The van der Waals surface area contributed by atoms with Gasteiger partial charge in [-0.2, -0.15) is 0 Å². The van der Waals surface area contributed by atoms with Crippen molar-refractivity contribution in [2.45, 2.75) is 18.8 Å². The molecule has 0 saturated carbocycles. The number of para-hydroxylation sites is 1. The van der Waals surface area contributed by atoms with E-state index in [1.807, 2.05) is 12.1 Å². The number of carbonyl (C=O) groups excluding carboxylic acids is 1. The minimum atomic E-state index is -0.444. The molecule has 1 aliphatic rings. The minimum Gasteiger partial charge on any atom is -0.358 e. The average molecular weight is 322 g/mol. The van der Waals surface area contributed by atoms with Gasteiger partial charge in [0.25, 0.3) is 5.91 Å². The zero-order valence-electron chi connectivity index (χ0n) is 13.3. The molecule has 24 heavy (non-hydrogen) atoms. The quantitative estimate of drug-likeness (QED) is 0.749. The number of H-pyrrole nitrogens is 1. The fourth-order valence-corrected chi connectivity index (χ4v) is 3.51. The Balaban J connectivity index is 1.47. The zero-order valence-corrected chi connectivity index (χ0v) is 13.3. The second-order valence-corrected chi connectivity index (χ2v) is 6.36. The molecule has 2 heterocycles. The van der Waals surface area contributed by atoms with Crippen molar-refractivity contribution in [3.8, 4) is 0 Å². The smallest absolute Gasteiger partial charge is 0.256 e. The molecule has 122 valence electrons. The van der Waals surface area contributed by atoms with Crippen LogP contribution in [-0.4, -0.2) is 28.9 Å². The number of benzene rings is 2. The molecule has 1 aliphatic heterocycles. The molecular weight excluding hydrogens is 303 g/mol. The van der Waals surface area contributed by atoms with E-state index in [0.29, 0.717) is 19.0 Å². The van der Waals surface area contributed by atoms with Gasteiger partial charge < -0.3 is 9.88 Å². The summed E-state index contributed by atoms with van der Waals surface area (Å²) in [6, 6.07) is 16.7. The maximum Gasteiger partial charge on any atom is 0.256 e. The fourth-order valence-electron chi connectivity index (χ4n) is 3.51. The first-order chi connectivity index (χ1) is 11.7. The predicted octanol–water partition coefficient (Wildman–Crippen LogP) is 4.33. The summed E-state index contributed by atoms with van der Waals surface area (Å²) in [4.78, 5) is 17.7. The molecule has 1 amide bonds. The van der Waals surface area contributed by atoms with Gasteiger partial charge in [0.15, 0.2) is 0 Å². The third-order valence-electron chi connectivity index (χ3n) is 4.88. The number of aromatic amines is 1. The number of carbonyl (C=O) groups is 1. The Bertz CT molecular complexity index is 845. The molecule has 4 heteroatoms. The van der Waals surface area contributed by atoms with Crippen LogP contribution in [0, 0.1) is 5.82 Å². The Kier molecular flexibility index (Phi) is 3.81. The molecule has 0 bridgehead atoms. The van der Waals surface area contributed by atoms with Crippen molar-refractivity contribution in [2.75, 3.05) is 13.1 Å². The highest BCUT2D eigenvalue weighted by molar-refractivity contribution is 5.94. The SMILES string of the molecule is O=C(c1ccccc1F)N1CCC(c2cc3ccccc3[nH]2)CC1. The molecule has 0 atom stereocenters. The number of nitrogens with one attached hydrogen (secondary N) is 1. The Morgan fingerprint density at radius 2 is 1.75 bits per heavy atom. The van der Waals surface area contributed by atoms with Crippen LogP contribution in [0.4, 0.5) is 4.39 Å². The van der Waals surface area contributed by atoms with Gasteiger partial charge in [-0.15, -0.1) is 0 Å². The molecule has 1 saturated heterocycles. The van der Waals surface area contributed by atoms with Gasteiger partial charge in [-0.3, -0.25) is 4.79 Å². The molecule has 1 N–H and O–H groups in total. The van der Waals surface area contributed by atoms with Crippen LogP contribution < -0.4 is 0 Å². The first kappa shape index (κ1) is 14.9. The Morgan fingerprint density at radius 1 is 1.04 bits per heavy atom. The normalized spacial score (nSPS) is 15.8. The highest BCUT2D eigenvalue weighted by atomic mass is 19.1. The van der Waals surface area contributed by atoms with Crippen molar-refractivity contribution in [2.24, 2.45) is 0 Å². The van der Waals surface area contributed by atoms with Gasteiger partial charge in [-0.25, -0.2) is 4.39 Å². The molecule has 1 aromatic heterocycles. The van der Waals surface area contributed by atoms with Crippen molar-refractivity contribution in [1.29, 1.82) is 0 Å². The topological polar surface area (TPSA) is 36.1 Å². The summed E-state index contributed by atoms with van der Waals surface area (Å²) in [5, 5.41) is 1.22. The first-order valence-electron chi connectivity index (χ1n) is 8.34. The molecule has 3 aromatic rings. The number of hydrogen-bond donors (Lipinski definition) is 1. The lowest BCUT2D eigenvalue weighted by atomic mass is 9.93. The second-order valence-electron chi connectivity index (χ2n) is 6.36. The van der Waals surface area contributed by atoms with Gasteiger partial charge >= 0.3 is 0 Å². The maximum absolute atomic E-state index is 13.8. The molecule has 0 radical (unpaired) electrons. The summed E-state index contributed by atoms with van der Waals surface area (Å²) >= 11 is 0. The largest absolute Gasteiger partial charge is 0.358 e. The van der Waals surface area contributed by atoms with E-state index in [2.05, 4.69) is 23.2 Å². The van der Waals surface area contributed by atoms with Crippen molar-refractivity contribution >= 4 is 16.8 Å². The van der Waals surface area contributed by atoms with E-state index < -0.39 is 5.82 Å². The van der Waals surface area contributed by atoms with E-state index in [1.54, 1.807) is 23.1 Å². The van der Waals surface area contributed by atoms with Crippen LogP contribution in [0.1, 0.15) is 34.8 Å². The van der Waals surface area contributed by atoms with Crippen LogP contribution in [0.2, 0.25) is 0 Å². The molecule has 4 rings (SSSR count). The van der Waals surface area contributed by atoms with Crippen molar-refractivity contribution in [1.82, 2.24) is 9.88 Å². The van der Waals surface area contributed by atoms with E-state index in [-0.39, 0.29) is 11.5 Å². The van der Waals surface area contributed by atoms with Crippen LogP contribution in [0.5, 0.6) is 0 Å². The third-order valence-corrected chi connectivity index (χ3v) is 4.88. The van der Waals surface area contributed by atoms with Crippen molar-refractivity contribution < 1.29 is 9.18 Å². The fraction of sp³-hybridized carbons (Fsp3) is 0.250. The molecule has 2 aromatic carbocycles. The number of likely N-dealkylation sites (tertiary alicyclic amines) is 1. The minimum absolute atomic E-state index is 0.168. The van der Waals surface area contributed by atoms with Crippen LogP contribution >= 0.6 is 0 Å². The number of nitrogens with zero attached hydrogens (tertiary/aromatic N) is 1. The van der Waals surface area contributed by atoms with E-state index in [9.17, 15) is 9.18 Å². The van der Waals surface area contributed by atoms with Gasteiger partial charge in [0, 0.05) is 30.2 Å². The number of halogens is 1. The summed E-state index contributed by atoms with van der Waals surface area (Å²) in [5.74, 6) is -0.231. The Hall–Kier alpha value is -2.62. The third kappa shape index (κ3) is 2.68. The second kappa shape index (κ2) is 6.11. The molecule has 0 unspecified atom stereocenters. The van der Waals surface area contributed by atoms with Gasteiger partial charge in [-0.05, 0) is 42.5 Å². The van der Waals surface area contributed by atoms with E-state index >= 15 is 0 Å². The first-order valence-corrected chi connectivity index (χ1v) is 8.34. The maximum atomic E-state index is 13.8. The standard InChI is InChI=1S/C20H19FN2O/c21-17-7-3-2-6-16(17)20(24)23-11-9-14(10-12-23)19-13-15-5-1-4-8-18(15)22-19/h1-8,13-14,22H,9-12H2. The van der Waals surface area contributed by atoms with E-state index in [4.69, 9.17) is 0 Å². The lowest BCUT2D eigenvalue weighted by molar-refractivity contribution is 0.0707. The molecular formula is C20H19FN2O. The van der Waals surface area contributed by atoms with Crippen molar-refractivity contribution in [3.05, 3.63) is 71.7 Å². The number of amides is 1. The van der Waals surface area contributed by atoms with Crippen LogP contribution in [-0.2, 0) is 0 Å². The highest BCUT2D eigenvalue weighted by Gasteiger charge is 2.26. The average Bonchev–Trinajstić information content (AvgIpc) is 3.06. The van der Waals surface area contributed by atoms with Gasteiger partial charge in [0.05, 0.1) is 5.56 Å². The summed E-state index contributed by atoms with van der Waals surface area (Å²) in [6.07, 6.45) is 1.79. The van der Waals surface area contributed by atoms with Gasteiger partial charge in [0.1, 0.15) is 5.82 Å². The summed E-state index contributed by atoms with van der Waals surface area (Å²) < 4.78 is 13.8. The number of piperidine rings is 1. The predicted molar refractivity (Wildman–Crippen MR) is 92.6 cm³/mol. The molecule has 0 aliphatic carbocycles. The summed E-state index contributed by atoms with van der Waals surface area (Å²) in [5.41, 5.74) is 2.55. The summed E-state index contributed by atoms with van der Waals surface area (Å²) in [6.45, 7) is 1.32. The number of rotatable bonds is 2. The Morgan fingerprint density at radius 3 is 2.50 bits per heavy atom. The molecule has 0 spiro atoms. The zero-order chi connectivity index (χ0) is 16.5. The van der Waals surface area contributed by atoms with E-state index in [1.165, 1.54) is 17.1 Å². The lowest BCUT2D eigenvalue weighted by Crippen LogP contribution is -2.38. The monoisotopic (exact) mass is 322 g/mol. The molecule has 1 fully saturated rings. The Labute approximate surface area is 140 Å².